The molecule has 0 saturated carbocycles. The third-order valence-corrected chi connectivity index (χ3v) is 5.22. The van der Waals surface area contributed by atoms with Crippen LogP contribution in [0.4, 0.5) is 5.69 Å². The first-order valence-electron chi connectivity index (χ1n) is 7.69. The van der Waals surface area contributed by atoms with E-state index in [2.05, 4.69) is 9.46 Å². The number of aryl methyl sites for hydroxylation is 1. The molecule has 0 fully saturated rings. The Morgan fingerprint density at radius 3 is 2.48 bits per heavy atom. The van der Waals surface area contributed by atoms with Gasteiger partial charge in [-0.3, -0.25) is 10.1 Å². The zero-order chi connectivity index (χ0) is 20.2. The Morgan fingerprint density at radius 1 is 1.19 bits per heavy atom. The lowest BCUT2D eigenvalue weighted by Gasteiger charge is -2.11. The lowest BCUT2D eigenvalue weighted by Crippen LogP contribution is -2.23. The highest BCUT2D eigenvalue weighted by Crippen LogP contribution is 2.23. The van der Waals surface area contributed by atoms with Crippen molar-refractivity contribution in [3.8, 4) is 5.75 Å². The summed E-state index contributed by atoms with van der Waals surface area (Å²) in [5, 5.41) is 11.0. The maximum Gasteiger partial charge on any atom is 0.341 e. The van der Waals surface area contributed by atoms with Crippen molar-refractivity contribution in [2.45, 2.75) is 18.4 Å². The second kappa shape index (κ2) is 8.14. The lowest BCUT2D eigenvalue weighted by atomic mass is 10.1. The van der Waals surface area contributed by atoms with Crippen LogP contribution in [0.15, 0.2) is 41.3 Å². The number of esters is 1. The number of nitro benzene ring substituents is 1. The minimum atomic E-state index is -3.99. The van der Waals surface area contributed by atoms with Crippen molar-refractivity contribution >= 4 is 21.7 Å². The van der Waals surface area contributed by atoms with Gasteiger partial charge < -0.3 is 9.47 Å². The van der Waals surface area contributed by atoms with Crippen LogP contribution in [-0.4, -0.2) is 33.5 Å². The summed E-state index contributed by atoms with van der Waals surface area (Å²) < 4.78 is 37.0. The lowest BCUT2D eigenvalue weighted by molar-refractivity contribution is -0.385. The zero-order valence-electron chi connectivity index (χ0n) is 14.9. The van der Waals surface area contributed by atoms with E-state index < -0.39 is 20.9 Å². The normalized spacial score (nSPS) is 11.1. The van der Waals surface area contributed by atoms with Crippen molar-refractivity contribution in [1.82, 2.24) is 4.72 Å². The molecule has 27 heavy (non-hydrogen) atoms. The predicted molar refractivity (Wildman–Crippen MR) is 96.2 cm³/mol. The fourth-order valence-corrected chi connectivity index (χ4v) is 3.39. The van der Waals surface area contributed by atoms with Gasteiger partial charge in [0.2, 0.25) is 10.0 Å². The number of nitrogens with zero attached hydrogens (tertiary/aromatic N) is 1. The Labute approximate surface area is 156 Å². The highest BCUT2D eigenvalue weighted by atomic mass is 32.2. The van der Waals surface area contributed by atoms with Crippen LogP contribution in [0.2, 0.25) is 0 Å². The molecule has 0 aliphatic heterocycles. The molecule has 0 aliphatic carbocycles. The Kier molecular flexibility index (Phi) is 6.13. The molecule has 0 spiro atoms. The van der Waals surface area contributed by atoms with E-state index >= 15 is 0 Å². The topological polar surface area (TPSA) is 125 Å². The van der Waals surface area contributed by atoms with E-state index in [0.29, 0.717) is 16.9 Å². The monoisotopic (exact) mass is 394 g/mol. The van der Waals surface area contributed by atoms with Crippen molar-refractivity contribution < 1.29 is 27.6 Å². The molecule has 2 aromatic rings. The number of benzene rings is 2. The molecule has 2 rings (SSSR count). The molecule has 144 valence electrons. The van der Waals surface area contributed by atoms with E-state index in [0.717, 1.165) is 6.07 Å². The number of sulfonamides is 1. The molecule has 0 radical (unpaired) electrons. The smallest absolute Gasteiger partial charge is 0.341 e. The molecule has 9 nitrogen and oxygen atoms in total. The number of rotatable bonds is 7. The SMILES string of the molecule is COC(=O)c1cc(CNS(=O)(=O)c2ccc(C)c([N+](=O)[O-])c2)ccc1OC. The maximum absolute atomic E-state index is 12.4. The zero-order valence-corrected chi connectivity index (χ0v) is 15.7. The second-order valence-electron chi connectivity index (χ2n) is 5.56. The third-order valence-electron chi connectivity index (χ3n) is 3.82. The molecular formula is C17H18N2O7S. The summed E-state index contributed by atoms with van der Waals surface area (Å²) in [7, 11) is -1.37. The standard InChI is InChI=1S/C17H18N2O7S/c1-11-4-6-13(9-15(11)19(21)22)27(23,24)18-10-12-5-7-16(25-2)14(8-12)17(20)26-3/h4-9,18H,10H2,1-3H3. The molecule has 0 aliphatic rings. The molecule has 0 unspecified atom stereocenters. The molecule has 0 aromatic heterocycles. The van der Waals surface area contributed by atoms with Crippen LogP contribution in [0.3, 0.4) is 0 Å². The van der Waals surface area contributed by atoms with Gasteiger partial charge in [0, 0.05) is 18.2 Å². The largest absolute Gasteiger partial charge is 0.496 e. The summed E-state index contributed by atoms with van der Waals surface area (Å²) in [6.07, 6.45) is 0. The summed E-state index contributed by atoms with van der Waals surface area (Å²) in [6.45, 7) is 1.39. The van der Waals surface area contributed by atoms with E-state index in [1.807, 2.05) is 0 Å². The van der Waals surface area contributed by atoms with Gasteiger partial charge in [0.25, 0.3) is 5.69 Å². The number of carbonyl (C=O) groups is 1. The number of hydrogen-bond acceptors (Lipinski definition) is 7. The van der Waals surface area contributed by atoms with Crippen LogP contribution < -0.4 is 9.46 Å². The highest BCUT2D eigenvalue weighted by Gasteiger charge is 2.20. The fraction of sp³-hybridized carbons (Fsp3) is 0.235. The first kappa shape index (κ1) is 20.3. The van der Waals surface area contributed by atoms with Crippen molar-refractivity contribution in [2.24, 2.45) is 0 Å². The summed E-state index contributed by atoms with van der Waals surface area (Å²) >= 11 is 0. The molecule has 0 saturated heterocycles. The summed E-state index contributed by atoms with van der Waals surface area (Å²) in [5.74, 6) is -0.326. The Bertz CT molecular complexity index is 987. The number of nitrogens with one attached hydrogen (secondary N) is 1. The van der Waals surface area contributed by atoms with Crippen LogP contribution in [0.5, 0.6) is 5.75 Å². The fourth-order valence-electron chi connectivity index (χ4n) is 2.35. The Hall–Kier alpha value is -2.98. The van der Waals surface area contributed by atoms with E-state index in [-0.39, 0.29) is 22.7 Å². The van der Waals surface area contributed by atoms with Gasteiger partial charge in [-0.2, -0.15) is 0 Å². The van der Waals surface area contributed by atoms with Crippen LogP contribution >= 0.6 is 0 Å². The summed E-state index contributed by atoms with van der Waals surface area (Å²) in [4.78, 5) is 21.9. The third kappa shape index (κ3) is 4.60. The molecule has 0 atom stereocenters. The predicted octanol–water partition coefficient (Wildman–Crippen LogP) is 2.18. The molecular weight excluding hydrogens is 376 g/mol. The van der Waals surface area contributed by atoms with Crippen LogP contribution in [0.25, 0.3) is 0 Å². The Balaban J connectivity index is 2.26. The van der Waals surface area contributed by atoms with Gasteiger partial charge in [-0.1, -0.05) is 12.1 Å². The first-order valence-corrected chi connectivity index (χ1v) is 9.18. The number of ether oxygens (including phenoxy) is 2. The van der Waals surface area contributed by atoms with E-state index in [4.69, 9.17) is 4.74 Å². The second-order valence-corrected chi connectivity index (χ2v) is 7.32. The molecule has 10 heteroatoms. The molecule has 0 heterocycles. The van der Waals surface area contributed by atoms with Gasteiger partial charge in [-0.25, -0.2) is 17.9 Å². The van der Waals surface area contributed by atoms with Crippen LogP contribution in [0, 0.1) is 17.0 Å². The molecule has 1 N–H and O–H groups in total. The molecule has 0 amide bonds. The van der Waals surface area contributed by atoms with Gasteiger partial charge in [0.15, 0.2) is 0 Å². The highest BCUT2D eigenvalue weighted by molar-refractivity contribution is 7.89. The minimum Gasteiger partial charge on any atom is -0.496 e. The summed E-state index contributed by atoms with van der Waals surface area (Å²) in [5.41, 5.74) is 0.719. The average molecular weight is 394 g/mol. The Morgan fingerprint density at radius 2 is 1.89 bits per heavy atom. The van der Waals surface area contributed by atoms with E-state index in [1.165, 1.54) is 45.4 Å². The number of carbonyl (C=O) groups excluding carboxylic acids is 1. The maximum atomic E-state index is 12.4. The quantitative estimate of drug-likeness (QED) is 0.433. The van der Waals surface area contributed by atoms with Gasteiger partial charge in [-0.05, 0) is 30.7 Å². The number of hydrogen-bond donors (Lipinski definition) is 1. The summed E-state index contributed by atoms with van der Waals surface area (Å²) in [6, 6.07) is 8.22. The van der Waals surface area contributed by atoms with Gasteiger partial charge in [0.1, 0.15) is 11.3 Å². The molecule has 0 bridgehead atoms. The first-order chi connectivity index (χ1) is 12.7. The van der Waals surface area contributed by atoms with E-state index in [9.17, 15) is 23.3 Å². The number of methoxy groups -OCH3 is 2. The number of nitro groups is 1. The van der Waals surface area contributed by atoms with Crippen molar-refractivity contribution in [2.75, 3.05) is 14.2 Å². The van der Waals surface area contributed by atoms with Gasteiger partial charge >= 0.3 is 5.97 Å². The van der Waals surface area contributed by atoms with Gasteiger partial charge in [0.05, 0.1) is 24.0 Å². The van der Waals surface area contributed by atoms with Crippen molar-refractivity contribution in [3.05, 3.63) is 63.2 Å². The van der Waals surface area contributed by atoms with Crippen LogP contribution in [-0.2, 0) is 21.3 Å². The van der Waals surface area contributed by atoms with Crippen molar-refractivity contribution in [3.63, 3.8) is 0 Å². The van der Waals surface area contributed by atoms with Crippen LogP contribution in [0.1, 0.15) is 21.5 Å². The van der Waals surface area contributed by atoms with E-state index in [1.54, 1.807) is 6.07 Å². The van der Waals surface area contributed by atoms with Gasteiger partial charge in [-0.15, -0.1) is 0 Å². The molecule has 2 aromatic carbocycles. The minimum absolute atomic E-state index is 0.127. The average Bonchev–Trinajstić information content (AvgIpc) is 2.65. The van der Waals surface area contributed by atoms with Crippen molar-refractivity contribution in [1.29, 1.82) is 0 Å².